The van der Waals surface area contributed by atoms with E-state index in [0.29, 0.717) is 6.61 Å². The molecule has 0 unspecified atom stereocenters. The molecule has 18 heavy (non-hydrogen) atoms. The molecular formula is C15H14O2S. The van der Waals surface area contributed by atoms with Crippen molar-refractivity contribution in [3.05, 3.63) is 51.7 Å². The Morgan fingerprint density at radius 3 is 2.78 bits per heavy atom. The van der Waals surface area contributed by atoms with Gasteiger partial charge < -0.3 is 9.84 Å². The van der Waals surface area contributed by atoms with Crippen molar-refractivity contribution >= 4 is 11.3 Å². The molecule has 0 aliphatic rings. The molecule has 1 N–H and O–H groups in total. The smallest absolute Gasteiger partial charge is 0.122 e. The molecule has 0 amide bonds. The van der Waals surface area contributed by atoms with Gasteiger partial charge in [-0.2, -0.15) is 0 Å². The Balaban J connectivity index is 1.94. The number of ether oxygens (including phenoxy) is 1. The number of thiophene rings is 1. The van der Waals surface area contributed by atoms with Gasteiger partial charge in [-0.25, -0.2) is 0 Å². The lowest BCUT2D eigenvalue weighted by atomic mass is 10.2. The summed E-state index contributed by atoms with van der Waals surface area (Å²) in [6, 6.07) is 9.98. The highest BCUT2D eigenvalue weighted by molar-refractivity contribution is 7.10. The zero-order chi connectivity index (χ0) is 12.8. The molecule has 92 valence electrons. The van der Waals surface area contributed by atoms with Crippen molar-refractivity contribution in [3.63, 3.8) is 0 Å². The van der Waals surface area contributed by atoms with Crippen LogP contribution in [0.2, 0.25) is 0 Å². The molecule has 1 aromatic carbocycles. The molecule has 0 saturated carbocycles. The van der Waals surface area contributed by atoms with Crippen LogP contribution in [0.5, 0.6) is 5.75 Å². The zero-order valence-corrected chi connectivity index (χ0v) is 11.0. The molecule has 0 saturated heterocycles. The monoisotopic (exact) mass is 258 g/mol. The zero-order valence-electron chi connectivity index (χ0n) is 10.1. The van der Waals surface area contributed by atoms with E-state index in [0.717, 1.165) is 16.2 Å². The third-order valence-corrected chi connectivity index (χ3v) is 3.28. The predicted molar refractivity (Wildman–Crippen MR) is 73.8 cm³/mol. The fourth-order valence-corrected chi connectivity index (χ4v) is 2.18. The lowest BCUT2D eigenvalue weighted by molar-refractivity contribution is 0.310. The van der Waals surface area contributed by atoms with Crippen molar-refractivity contribution in [1.82, 2.24) is 0 Å². The van der Waals surface area contributed by atoms with E-state index < -0.39 is 0 Å². The molecule has 3 heteroatoms. The second-order valence-corrected chi connectivity index (χ2v) is 4.86. The van der Waals surface area contributed by atoms with Crippen LogP contribution in [0.3, 0.4) is 0 Å². The van der Waals surface area contributed by atoms with E-state index in [4.69, 9.17) is 9.84 Å². The Morgan fingerprint density at radius 1 is 1.28 bits per heavy atom. The van der Waals surface area contributed by atoms with E-state index in [1.54, 1.807) is 11.3 Å². The fraction of sp³-hybridized carbons (Fsp3) is 0.200. The second-order valence-electron chi connectivity index (χ2n) is 3.86. The van der Waals surface area contributed by atoms with Gasteiger partial charge in [0, 0.05) is 15.8 Å². The third-order valence-electron chi connectivity index (χ3n) is 2.37. The predicted octanol–water partition coefficient (Wildman–Crippen LogP) is 2.98. The van der Waals surface area contributed by atoms with E-state index in [1.165, 1.54) is 5.56 Å². The molecule has 1 aromatic heterocycles. The summed E-state index contributed by atoms with van der Waals surface area (Å²) in [5, 5.41) is 10.6. The maximum Gasteiger partial charge on any atom is 0.122 e. The molecule has 0 aliphatic heterocycles. The van der Waals surface area contributed by atoms with Crippen molar-refractivity contribution in [2.45, 2.75) is 13.5 Å². The fourth-order valence-electron chi connectivity index (χ4n) is 1.45. The first-order chi connectivity index (χ1) is 8.78. The summed E-state index contributed by atoms with van der Waals surface area (Å²) in [4.78, 5) is 1.12. The van der Waals surface area contributed by atoms with Crippen LogP contribution in [0.25, 0.3) is 0 Å². The minimum absolute atomic E-state index is 0.106. The highest BCUT2D eigenvalue weighted by Crippen LogP contribution is 2.18. The Labute approximate surface area is 111 Å². The van der Waals surface area contributed by atoms with Crippen molar-refractivity contribution in [2.75, 3.05) is 6.61 Å². The lowest BCUT2D eigenvalue weighted by Crippen LogP contribution is -1.92. The number of aliphatic hydroxyl groups excluding tert-OH is 1. The van der Waals surface area contributed by atoms with Crippen molar-refractivity contribution < 1.29 is 9.84 Å². The van der Waals surface area contributed by atoms with Crippen molar-refractivity contribution in [3.8, 4) is 17.6 Å². The van der Waals surface area contributed by atoms with Crippen LogP contribution in [0.15, 0.2) is 35.7 Å². The van der Waals surface area contributed by atoms with Gasteiger partial charge >= 0.3 is 0 Å². The van der Waals surface area contributed by atoms with Gasteiger partial charge in [0.25, 0.3) is 0 Å². The Hall–Kier alpha value is -1.76. The largest absolute Gasteiger partial charge is 0.488 e. The van der Waals surface area contributed by atoms with Gasteiger partial charge in [0.15, 0.2) is 0 Å². The number of benzene rings is 1. The van der Waals surface area contributed by atoms with Crippen molar-refractivity contribution in [2.24, 2.45) is 0 Å². The Kier molecular flexibility index (Phi) is 4.40. The summed E-state index contributed by atoms with van der Waals surface area (Å²) in [6.07, 6.45) is 0. The van der Waals surface area contributed by atoms with Gasteiger partial charge in [-0.05, 0) is 25.1 Å². The highest BCUT2D eigenvalue weighted by atomic mass is 32.1. The molecule has 2 aromatic rings. The van der Waals surface area contributed by atoms with Crippen LogP contribution in [0, 0.1) is 18.8 Å². The number of rotatable bonds is 3. The summed E-state index contributed by atoms with van der Waals surface area (Å²) < 4.78 is 5.68. The quantitative estimate of drug-likeness (QED) is 0.858. The second kappa shape index (κ2) is 6.25. The molecule has 0 radical (unpaired) electrons. The van der Waals surface area contributed by atoms with E-state index in [2.05, 4.69) is 18.8 Å². The highest BCUT2D eigenvalue weighted by Gasteiger charge is 1.99. The number of aliphatic hydroxyl groups is 1. The maximum atomic E-state index is 8.61. The van der Waals surface area contributed by atoms with Crippen molar-refractivity contribution in [1.29, 1.82) is 0 Å². The van der Waals surface area contributed by atoms with Gasteiger partial charge in [0.1, 0.15) is 19.0 Å². The van der Waals surface area contributed by atoms with E-state index in [-0.39, 0.29) is 6.61 Å². The Morgan fingerprint density at radius 2 is 2.06 bits per heavy atom. The molecule has 0 spiro atoms. The summed E-state index contributed by atoms with van der Waals surface area (Å²) in [5.41, 5.74) is 2.15. The topological polar surface area (TPSA) is 29.5 Å². The molecule has 1 heterocycles. The first kappa shape index (κ1) is 12.7. The first-order valence-corrected chi connectivity index (χ1v) is 6.52. The molecule has 0 atom stereocenters. The SMILES string of the molecule is Cc1ccc(OCc2cc(C#CCO)cs2)cc1. The molecule has 2 rings (SSSR count). The number of aryl methyl sites for hydroxylation is 1. The minimum Gasteiger partial charge on any atom is -0.488 e. The summed E-state index contributed by atoms with van der Waals surface area (Å²) in [6.45, 7) is 2.49. The molecule has 0 bridgehead atoms. The van der Waals surface area contributed by atoms with Gasteiger partial charge in [-0.3, -0.25) is 0 Å². The van der Waals surface area contributed by atoms with E-state index in [1.807, 2.05) is 35.7 Å². The summed E-state index contributed by atoms with van der Waals surface area (Å²) >= 11 is 1.61. The first-order valence-electron chi connectivity index (χ1n) is 5.64. The minimum atomic E-state index is -0.106. The Bertz CT molecular complexity index is 558. The lowest BCUT2D eigenvalue weighted by Gasteiger charge is -2.04. The molecular weight excluding hydrogens is 244 g/mol. The van der Waals surface area contributed by atoms with Crippen LogP contribution >= 0.6 is 11.3 Å². The average Bonchev–Trinajstić information content (AvgIpc) is 2.84. The number of hydrogen-bond acceptors (Lipinski definition) is 3. The van der Waals surface area contributed by atoms with Gasteiger partial charge in [0.05, 0.1) is 0 Å². The van der Waals surface area contributed by atoms with Gasteiger partial charge in [-0.1, -0.05) is 29.5 Å². The van der Waals surface area contributed by atoms with Crippen LogP contribution in [0.1, 0.15) is 16.0 Å². The van der Waals surface area contributed by atoms with Gasteiger partial charge in [-0.15, -0.1) is 11.3 Å². The molecule has 0 fully saturated rings. The van der Waals surface area contributed by atoms with E-state index >= 15 is 0 Å². The van der Waals surface area contributed by atoms with E-state index in [9.17, 15) is 0 Å². The normalized spacial score (nSPS) is 9.67. The number of hydrogen-bond donors (Lipinski definition) is 1. The molecule has 0 aliphatic carbocycles. The third kappa shape index (κ3) is 3.63. The van der Waals surface area contributed by atoms with Crippen LogP contribution < -0.4 is 4.74 Å². The summed E-state index contributed by atoms with van der Waals surface area (Å²) in [7, 11) is 0. The van der Waals surface area contributed by atoms with Crippen LogP contribution in [-0.2, 0) is 6.61 Å². The van der Waals surface area contributed by atoms with Crippen LogP contribution in [0.4, 0.5) is 0 Å². The van der Waals surface area contributed by atoms with Gasteiger partial charge in [0.2, 0.25) is 0 Å². The standard InChI is InChI=1S/C15H14O2S/c1-12-4-6-14(7-5-12)17-10-15-9-13(11-18-15)3-2-8-16/h4-7,9,11,16H,8,10H2,1H3. The molecule has 2 nitrogen and oxygen atoms in total. The maximum absolute atomic E-state index is 8.61. The summed E-state index contributed by atoms with van der Waals surface area (Å²) in [5.74, 6) is 6.38. The van der Waals surface area contributed by atoms with Crippen LogP contribution in [-0.4, -0.2) is 11.7 Å². The average molecular weight is 258 g/mol.